The molecule has 0 bridgehead atoms. The molecule has 1 aliphatic heterocycles. The lowest BCUT2D eigenvalue weighted by Gasteiger charge is -2.20. The van der Waals surface area contributed by atoms with E-state index in [2.05, 4.69) is 17.1 Å². The number of carbonyl (C=O) groups excluding carboxylic acids is 1. The van der Waals surface area contributed by atoms with Crippen molar-refractivity contribution in [3.05, 3.63) is 30.1 Å². The van der Waals surface area contributed by atoms with Crippen LogP contribution in [-0.4, -0.2) is 63.3 Å². The zero-order valence-electron chi connectivity index (χ0n) is 16.2. The maximum atomic E-state index is 13.0. The molecule has 8 heteroatoms. The molecule has 1 aromatic rings. The highest BCUT2D eigenvalue weighted by Gasteiger charge is 2.20. The van der Waals surface area contributed by atoms with Crippen molar-refractivity contribution in [1.82, 2.24) is 14.5 Å². The Morgan fingerprint density at radius 3 is 2.52 bits per heavy atom. The van der Waals surface area contributed by atoms with Crippen LogP contribution in [0.15, 0.2) is 29.2 Å². The van der Waals surface area contributed by atoms with Crippen molar-refractivity contribution in [2.75, 3.05) is 39.8 Å². The average molecular weight is 400 g/mol. The lowest BCUT2D eigenvalue weighted by molar-refractivity contribution is -0.121. The zero-order chi connectivity index (χ0) is 19.9. The van der Waals surface area contributed by atoms with Crippen LogP contribution in [0.1, 0.15) is 32.6 Å². The molecule has 1 amide bonds. The molecule has 0 aliphatic carbocycles. The highest BCUT2D eigenvalue weighted by atomic mass is 32.2. The van der Waals surface area contributed by atoms with E-state index in [0.717, 1.165) is 31.8 Å². The van der Waals surface area contributed by atoms with E-state index in [4.69, 9.17) is 0 Å². The van der Waals surface area contributed by atoms with E-state index in [9.17, 15) is 17.6 Å². The van der Waals surface area contributed by atoms with Gasteiger partial charge < -0.3 is 10.2 Å². The topological polar surface area (TPSA) is 69.7 Å². The van der Waals surface area contributed by atoms with Gasteiger partial charge in [-0.3, -0.25) is 4.79 Å². The van der Waals surface area contributed by atoms with Crippen molar-refractivity contribution in [3.8, 4) is 0 Å². The van der Waals surface area contributed by atoms with Crippen LogP contribution in [0.5, 0.6) is 0 Å². The molecule has 1 atom stereocenters. The van der Waals surface area contributed by atoms with Gasteiger partial charge in [-0.15, -0.1) is 0 Å². The fourth-order valence-corrected chi connectivity index (χ4v) is 4.43. The quantitative estimate of drug-likeness (QED) is 0.654. The van der Waals surface area contributed by atoms with Crippen molar-refractivity contribution in [2.24, 2.45) is 5.92 Å². The summed E-state index contributed by atoms with van der Waals surface area (Å²) >= 11 is 0. The predicted molar refractivity (Wildman–Crippen MR) is 103 cm³/mol. The lowest BCUT2D eigenvalue weighted by atomic mass is 10.1. The fraction of sp³-hybridized carbons (Fsp3) is 0.632. The maximum Gasteiger partial charge on any atom is 0.242 e. The number of rotatable bonds is 10. The second-order valence-corrected chi connectivity index (χ2v) is 9.35. The minimum absolute atomic E-state index is 0.0478. The highest BCUT2D eigenvalue weighted by molar-refractivity contribution is 7.89. The standard InChI is InChI=1S/C19H30FN3O3S/c1-16(15-23-12-3-4-13-23)14-21-19(24)6-5-11-22(2)27(25,26)18-9-7-17(20)8-10-18/h7-10,16H,3-6,11-15H2,1-2H3,(H,21,24). The van der Waals surface area contributed by atoms with E-state index in [1.165, 1.54) is 36.3 Å². The molecule has 2 rings (SSSR count). The third-order valence-electron chi connectivity index (χ3n) is 4.81. The van der Waals surface area contributed by atoms with Crippen molar-refractivity contribution < 1.29 is 17.6 Å². The van der Waals surface area contributed by atoms with E-state index in [-0.39, 0.29) is 23.8 Å². The molecule has 27 heavy (non-hydrogen) atoms. The van der Waals surface area contributed by atoms with Crippen LogP contribution in [0.3, 0.4) is 0 Å². The Labute approximate surface area is 161 Å². The molecular formula is C19H30FN3O3S. The Hall–Kier alpha value is -1.51. The van der Waals surface area contributed by atoms with E-state index in [0.29, 0.717) is 18.9 Å². The summed E-state index contributed by atoms with van der Waals surface area (Å²) in [6, 6.07) is 4.74. The Bertz CT molecular complexity index is 703. The largest absolute Gasteiger partial charge is 0.356 e. The van der Waals surface area contributed by atoms with Crippen LogP contribution in [0.25, 0.3) is 0 Å². The number of nitrogens with one attached hydrogen (secondary N) is 1. The first-order valence-electron chi connectivity index (χ1n) is 9.50. The van der Waals surface area contributed by atoms with Gasteiger partial charge in [0.2, 0.25) is 15.9 Å². The summed E-state index contributed by atoms with van der Waals surface area (Å²) in [7, 11) is -2.20. The van der Waals surface area contributed by atoms with Crippen molar-refractivity contribution >= 4 is 15.9 Å². The van der Waals surface area contributed by atoms with Gasteiger partial charge >= 0.3 is 0 Å². The van der Waals surface area contributed by atoms with Crippen LogP contribution >= 0.6 is 0 Å². The van der Waals surface area contributed by atoms with Crippen LogP contribution in [0, 0.1) is 11.7 Å². The van der Waals surface area contributed by atoms with Gasteiger partial charge in [0.05, 0.1) is 4.90 Å². The van der Waals surface area contributed by atoms with Crippen molar-refractivity contribution in [1.29, 1.82) is 0 Å². The number of hydrogen-bond donors (Lipinski definition) is 1. The molecule has 0 aromatic heterocycles. The van der Waals surface area contributed by atoms with E-state index in [1.54, 1.807) is 0 Å². The molecule has 1 saturated heterocycles. The number of nitrogens with zero attached hydrogens (tertiary/aromatic N) is 2. The van der Waals surface area contributed by atoms with Crippen molar-refractivity contribution in [2.45, 2.75) is 37.5 Å². The number of amides is 1. The number of carbonyl (C=O) groups is 1. The Morgan fingerprint density at radius 1 is 1.26 bits per heavy atom. The minimum atomic E-state index is -3.66. The first-order chi connectivity index (χ1) is 12.8. The molecule has 1 aromatic carbocycles. The predicted octanol–water partition coefficient (Wildman–Crippen LogP) is 2.07. The number of sulfonamides is 1. The Kier molecular flexibility index (Phi) is 8.19. The van der Waals surface area contributed by atoms with E-state index >= 15 is 0 Å². The van der Waals surface area contributed by atoms with Gasteiger partial charge in [-0.25, -0.2) is 17.1 Å². The Morgan fingerprint density at radius 2 is 1.89 bits per heavy atom. The summed E-state index contributed by atoms with van der Waals surface area (Å²) in [4.78, 5) is 14.5. The minimum Gasteiger partial charge on any atom is -0.356 e. The van der Waals surface area contributed by atoms with Gasteiger partial charge in [0.15, 0.2) is 0 Å². The van der Waals surface area contributed by atoms with Gasteiger partial charge in [0, 0.05) is 33.1 Å². The first-order valence-corrected chi connectivity index (χ1v) is 10.9. The number of benzene rings is 1. The lowest BCUT2D eigenvalue weighted by Crippen LogP contribution is -2.35. The van der Waals surface area contributed by atoms with Crippen LogP contribution < -0.4 is 5.32 Å². The summed E-state index contributed by atoms with van der Waals surface area (Å²) in [5.74, 6) is -0.142. The second kappa shape index (κ2) is 10.1. The zero-order valence-corrected chi connectivity index (χ0v) is 17.0. The Balaban J connectivity index is 1.68. The third kappa shape index (κ3) is 6.86. The number of likely N-dealkylation sites (tertiary alicyclic amines) is 1. The molecule has 1 aliphatic rings. The van der Waals surface area contributed by atoms with Crippen LogP contribution in [-0.2, 0) is 14.8 Å². The fourth-order valence-electron chi connectivity index (χ4n) is 3.22. The van der Waals surface area contributed by atoms with Crippen LogP contribution in [0.2, 0.25) is 0 Å². The molecule has 6 nitrogen and oxygen atoms in total. The summed E-state index contributed by atoms with van der Waals surface area (Å²) in [6.45, 7) is 6.29. The SMILES string of the molecule is CC(CNC(=O)CCCN(C)S(=O)(=O)c1ccc(F)cc1)CN1CCCC1. The van der Waals surface area contributed by atoms with Crippen LogP contribution in [0.4, 0.5) is 4.39 Å². The van der Waals surface area contributed by atoms with Gasteiger partial charge in [-0.2, -0.15) is 0 Å². The van der Waals surface area contributed by atoms with Gasteiger partial charge in [0.1, 0.15) is 5.82 Å². The van der Waals surface area contributed by atoms with Gasteiger partial charge in [0.25, 0.3) is 0 Å². The molecule has 1 fully saturated rings. The molecule has 1 heterocycles. The molecule has 0 spiro atoms. The maximum absolute atomic E-state index is 13.0. The van der Waals surface area contributed by atoms with Gasteiger partial charge in [-0.1, -0.05) is 6.92 Å². The second-order valence-electron chi connectivity index (χ2n) is 7.30. The van der Waals surface area contributed by atoms with E-state index < -0.39 is 15.8 Å². The highest BCUT2D eigenvalue weighted by Crippen LogP contribution is 2.15. The molecular weight excluding hydrogens is 369 g/mol. The normalized spacial score (nSPS) is 16.6. The summed E-state index contributed by atoms with van der Waals surface area (Å²) < 4.78 is 38.9. The van der Waals surface area contributed by atoms with E-state index in [1.807, 2.05) is 0 Å². The monoisotopic (exact) mass is 399 g/mol. The molecule has 152 valence electrons. The summed E-state index contributed by atoms with van der Waals surface area (Å²) in [6.07, 6.45) is 3.23. The first kappa shape index (κ1) is 21.8. The number of hydrogen-bond acceptors (Lipinski definition) is 4. The summed E-state index contributed by atoms with van der Waals surface area (Å²) in [5, 5.41) is 2.93. The number of halogens is 1. The summed E-state index contributed by atoms with van der Waals surface area (Å²) in [5.41, 5.74) is 0. The van der Waals surface area contributed by atoms with Crippen molar-refractivity contribution in [3.63, 3.8) is 0 Å². The smallest absolute Gasteiger partial charge is 0.242 e. The molecule has 0 saturated carbocycles. The van der Waals surface area contributed by atoms with Gasteiger partial charge in [-0.05, 0) is 62.5 Å². The molecule has 0 radical (unpaired) electrons. The molecule has 1 N–H and O–H groups in total. The third-order valence-corrected chi connectivity index (χ3v) is 6.69. The average Bonchev–Trinajstić information content (AvgIpc) is 3.13. The molecule has 1 unspecified atom stereocenters.